The number of benzene rings is 1. The molecule has 3 rings (SSSR count). The average Bonchev–Trinajstić information content (AvgIpc) is 3.15. The number of rotatable bonds is 7. The van der Waals surface area contributed by atoms with Crippen LogP contribution in [0.5, 0.6) is 5.75 Å². The Balaban J connectivity index is 1.95. The molecule has 0 amide bonds. The minimum atomic E-state index is -3.76. The van der Waals surface area contributed by atoms with E-state index in [1.54, 1.807) is 24.4 Å². The molecule has 0 bridgehead atoms. The molecule has 1 aliphatic rings. The molecule has 26 heavy (non-hydrogen) atoms. The first-order valence-electron chi connectivity index (χ1n) is 8.67. The van der Waals surface area contributed by atoms with Crippen molar-refractivity contribution in [3.63, 3.8) is 0 Å². The molecular weight excluding hydrogens is 352 g/mol. The van der Waals surface area contributed by atoms with Crippen molar-refractivity contribution in [1.82, 2.24) is 9.29 Å². The molecule has 0 radical (unpaired) electrons. The molecule has 0 N–H and O–H groups in total. The molecule has 0 aliphatic carbocycles. The molecule has 1 aliphatic heterocycles. The largest absolute Gasteiger partial charge is 0.495 e. The number of hydrogen-bond donors (Lipinski definition) is 0. The summed E-state index contributed by atoms with van der Waals surface area (Å²) in [6, 6.07) is 10.6. The molecule has 1 atom stereocenters. The van der Waals surface area contributed by atoms with Gasteiger partial charge in [0.2, 0.25) is 10.0 Å². The van der Waals surface area contributed by atoms with E-state index in [1.165, 1.54) is 11.4 Å². The lowest BCUT2D eigenvalue weighted by molar-refractivity contribution is 0.0923. The maximum Gasteiger partial charge on any atom is 0.247 e. The van der Waals surface area contributed by atoms with Crippen LogP contribution in [0.2, 0.25) is 0 Å². The quantitative estimate of drug-likeness (QED) is 0.743. The molecule has 140 valence electrons. The van der Waals surface area contributed by atoms with Crippen LogP contribution in [0.15, 0.2) is 47.5 Å². The van der Waals surface area contributed by atoms with Gasteiger partial charge in [0.15, 0.2) is 0 Å². The first-order chi connectivity index (χ1) is 12.5. The zero-order valence-corrected chi connectivity index (χ0v) is 15.9. The van der Waals surface area contributed by atoms with Gasteiger partial charge < -0.3 is 9.47 Å². The highest BCUT2D eigenvalue weighted by Crippen LogP contribution is 2.29. The molecule has 0 spiro atoms. The Bertz CT molecular complexity index is 834. The number of aryl methyl sites for hydroxylation is 1. The zero-order valence-electron chi connectivity index (χ0n) is 15.1. The summed E-state index contributed by atoms with van der Waals surface area (Å²) in [7, 11) is -2.27. The molecule has 1 saturated heterocycles. The smallest absolute Gasteiger partial charge is 0.247 e. The van der Waals surface area contributed by atoms with Gasteiger partial charge in [-0.05, 0) is 49.6 Å². The van der Waals surface area contributed by atoms with Crippen LogP contribution in [0.1, 0.15) is 24.1 Å². The van der Waals surface area contributed by atoms with Crippen molar-refractivity contribution >= 4 is 10.0 Å². The SMILES string of the molecule is COc1cc(C)ccc1S(=O)(=O)N(Cc1ccccn1)CC1CCCO1. The van der Waals surface area contributed by atoms with Crippen LogP contribution in [0.4, 0.5) is 0 Å². The third-order valence-electron chi connectivity index (χ3n) is 4.43. The molecule has 1 fully saturated rings. The Labute approximate surface area is 154 Å². The molecule has 2 aromatic rings. The van der Waals surface area contributed by atoms with E-state index in [1.807, 2.05) is 25.1 Å². The number of hydrogen-bond acceptors (Lipinski definition) is 5. The van der Waals surface area contributed by atoms with Gasteiger partial charge in [0, 0.05) is 19.3 Å². The van der Waals surface area contributed by atoms with Crippen LogP contribution in [-0.4, -0.2) is 44.1 Å². The van der Waals surface area contributed by atoms with Gasteiger partial charge >= 0.3 is 0 Å². The predicted molar refractivity (Wildman–Crippen MR) is 98.5 cm³/mol. The fourth-order valence-electron chi connectivity index (χ4n) is 3.06. The Morgan fingerprint density at radius 3 is 2.81 bits per heavy atom. The van der Waals surface area contributed by atoms with Gasteiger partial charge in [0.05, 0.1) is 25.5 Å². The molecule has 7 heteroatoms. The van der Waals surface area contributed by atoms with Crippen LogP contribution in [0, 0.1) is 6.92 Å². The lowest BCUT2D eigenvalue weighted by Gasteiger charge is -2.25. The van der Waals surface area contributed by atoms with Crippen LogP contribution in [0.25, 0.3) is 0 Å². The van der Waals surface area contributed by atoms with Gasteiger partial charge in [0.1, 0.15) is 10.6 Å². The normalized spacial score (nSPS) is 17.6. The fraction of sp³-hybridized carbons (Fsp3) is 0.421. The Kier molecular flexibility index (Phi) is 5.90. The van der Waals surface area contributed by atoms with Crippen molar-refractivity contribution in [3.05, 3.63) is 53.9 Å². The second-order valence-electron chi connectivity index (χ2n) is 6.41. The van der Waals surface area contributed by atoms with Gasteiger partial charge in [0.25, 0.3) is 0 Å². The number of methoxy groups -OCH3 is 1. The van der Waals surface area contributed by atoms with E-state index >= 15 is 0 Å². The maximum absolute atomic E-state index is 13.4. The highest BCUT2D eigenvalue weighted by Gasteiger charge is 2.31. The third kappa shape index (κ3) is 4.23. The molecule has 1 unspecified atom stereocenters. The molecule has 1 aromatic heterocycles. The average molecular weight is 376 g/mol. The van der Waals surface area contributed by atoms with Gasteiger partial charge in [-0.1, -0.05) is 12.1 Å². The summed E-state index contributed by atoms with van der Waals surface area (Å²) in [6.45, 7) is 3.07. The van der Waals surface area contributed by atoms with E-state index in [-0.39, 0.29) is 17.5 Å². The number of ether oxygens (including phenoxy) is 2. The van der Waals surface area contributed by atoms with Crippen LogP contribution < -0.4 is 4.74 Å². The molecule has 6 nitrogen and oxygen atoms in total. The summed E-state index contributed by atoms with van der Waals surface area (Å²) in [4.78, 5) is 4.45. The fourth-order valence-corrected chi connectivity index (χ4v) is 4.64. The van der Waals surface area contributed by atoms with Gasteiger partial charge in [-0.2, -0.15) is 4.31 Å². The molecule has 1 aromatic carbocycles. The maximum atomic E-state index is 13.4. The van der Waals surface area contributed by atoms with Crippen molar-refractivity contribution < 1.29 is 17.9 Å². The zero-order chi connectivity index (χ0) is 18.6. The van der Waals surface area contributed by atoms with Gasteiger partial charge in [-0.25, -0.2) is 8.42 Å². The highest BCUT2D eigenvalue weighted by molar-refractivity contribution is 7.89. The van der Waals surface area contributed by atoms with E-state index in [0.717, 1.165) is 18.4 Å². The molecule has 2 heterocycles. The number of sulfonamides is 1. The Morgan fingerprint density at radius 2 is 2.15 bits per heavy atom. The predicted octanol–water partition coefficient (Wildman–Crippen LogP) is 2.77. The first-order valence-corrected chi connectivity index (χ1v) is 10.1. The summed E-state index contributed by atoms with van der Waals surface area (Å²) >= 11 is 0. The van der Waals surface area contributed by atoms with E-state index in [0.29, 0.717) is 24.6 Å². The summed E-state index contributed by atoms with van der Waals surface area (Å²) in [6.07, 6.45) is 3.39. The summed E-state index contributed by atoms with van der Waals surface area (Å²) < 4.78 is 39.2. The van der Waals surface area contributed by atoms with Crippen LogP contribution in [-0.2, 0) is 21.3 Å². The van der Waals surface area contributed by atoms with Crippen LogP contribution in [0.3, 0.4) is 0 Å². The van der Waals surface area contributed by atoms with E-state index in [4.69, 9.17) is 9.47 Å². The van der Waals surface area contributed by atoms with E-state index in [9.17, 15) is 8.42 Å². The Hall–Kier alpha value is -1.96. The lowest BCUT2D eigenvalue weighted by Crippen LogP contribution is -2.37. The first kappa shape index (κ1) is 18.8. The lowest BCUT2D eigenvalue weighted by atomic mass is 10.2. The molecule has 0 saturated carbocycles. The van der Waals surface area contributed by atoms with Gasteiger partial charge in [-0.15, -0.1) is 0 Å². The highest BCUT2D eigenvalue weighted by atomic mass is 32.2. The second-order valence-corrected chi connectivity index (χ2v) is 8.31. The summed E-state index contributed by atoms with van der Waals surface area (Å²) in [5.41, 5.74) is 1.64. The van der Waals surface area contributed by atoms with E-state index < -0.39 is 10.0 Å². The van der Waals surface area contributed by atoms with Crippen molar-refractivity contribution in [2.45, 2.75) is 37.3 Å². The topological polar surface area (TPSA) is 68.7 Å². The minimum absolute atomic E-state index is 0.0927. The number of pyridine rings is 1. The number of nitrogens with zero attached hydrogens (tertiary/aromatic N) is 2. The van der Waals surface area contributed by atoms with Crippen molar-refractivity contribution in [3.8, 4) is 5.75 Å². The summed E-state index contributed by atoms with van der Waals surface area (Å²) in [5.74, 6) is 0.350. The van der Waals surface area contributed by atoms with E-state index in [2.05, 4.69) is 4.98 Å². The van der Waals surface area contributed by atoms with Gasteiger partial charge in [-0.3, -0.25) is 4.98 Å². The summed E-state index contributed by atoms with van der Waals surface area (Å²) in [5, 5.41) is 0. The molecular formula is C19H24N2O4S. The van der Waals surface area contributed by atoms with Crippen molar-refractivity contribution in [2.75, 3.05) is 20.3 Å². The standard InChI is InChI=1S/C19H24N2O4S/c1-15-8-9-19(18(12-15)24-2)26(22,23)21(14-17-7-5-11-25-17)13-16-6-3-4-10-20-16/h3-4,6,8-10,12,17H,5,7,11,13-14H2,1-2H3. The number of aromatic nitrogens is 1. The van der Waals surface area contributed by atoms with Crippen molar-refractivity contribution in [1.29, 1.82) is 0 Å². The van der Waals surface area contributed by atoms with Crippen LogP contribution >= 0.6 is 0 Å². The third-order valence-corrected chi connectivity index (χ3v) is 6.28. The monoisotopic (exact) mass is 376 g/mol. The minimum Gasteiger partial charge on any atom is -0.495 e. The second kappa shape index (κ2) is 8.16. The Morgan fingerprint density at radius 1 is 1.31 bits per heavy atom. The van der Waals surface area contributed by atoms with Crippen molar-refractivity contribution in [2.24, 2.45) is 0 Å².